The molecule has 1 aliphatic rings. The third-order valence-electron chi connectivity index (χ3n) is 2.16. The summed E-state index contributed by atoms with van der Waals surface area (Å²) in [5.74, 6) is 0.283. The first-order valence-corrected chi connectivity index (χ1v) is 5.72. The minimum Gasteiger partial charge on any atom is -0.360 e. The number of carbonyl (C=O) groups is 1. The van der Waals surface area contributed by atoms with E-state index in [0.29, 0.717) is 16.3 Å². The lowest BCUT2D eigenvalue weighted by molar-refractivity contribution is -0.119. The quantitative estimate of drug-likeness (QED) is 0.739. The normalized spacial score (nSPS) is 14.6. The summed E-state index contributed by atoms with van der Waals surface area (Å²) in [6, 6.07) is 0.338. The molecule has 1 fully saturated rings. The van der Waals surface area contributed by atoms with E-state index in [9.17, 15) is 9.59 Å². The Balaban J connectivity index is 1.90. The summed E-state index contributed by atoms with van der Waals surface area (Å²) in [7, 11) is 0. The monoisotopic (exact) mass is 286 g/mol. The van der Waals surface area contributed by atoms with E-state index in [1.807, 2.05) is 0 Å². The van der Waals surface area contributed by atoms with Crippen molar-refractivity contribution in [2.75, 3.05) is 11.9 Å². The number of halogens is 1. The zero-order valence-corrected chi connectivity index (χ0v) is 10.0. The number of hydrogen-bond donors (Lipinski definition) is 3. The van der Waals surface area contributed by atoms with E-state index in [1.54, 1.807) is 0 Å². The van der Waals surface area contributed by atoms with Gasteiger partial charge in [0.15, 0.2) is 0 Å². The van der Waals surface area contributed by atoms with Crippen LogP contribution in [-0.2, 0) is 4.79 Å². The number of nitrogens with zero attached hydrogens (tertiary/aromatic N) is 1. The summed E-state index contributed by atoms with van der Waals surface area (Å²) in [5, 5.41) is 5.62. The van der Waals surface area contributed by atoms with E-state index < -0.39 is 0 Å². The molecule has 1 heterocycles. The summed E-state index contributed by atoms with van der Waals surface area (Å²) in [5.41, 5.74) is -0.278. The Labute approximate surface area is 100.0 Å². The summed E-state index contributed by atoms with van der Waals surface area (Å²) >= 11 is 3.09. The third kappa shape index (κ3) is 2.82. The van der Waals surface area contributed by atoms with Crippen molar-refractivity contribution in [3.8, 4) is 0 Å². The first-order chi connectivity index (χ1) is 7.66. The number of nitrogens with one attached hydrogen (secondary N) is 3. The average molecular weight is 287 g/mol. The van der Waals surface area contributed by atoms with Gasteiger partial charge in [-0.05, 0) is 28.8 Å². The molecule has 0 unspecified atom stereocenters. The fourth-order valence-corrected chi connectivity index (χ4v) is 1.53. The standard InChI is InChI=1S/C9H11BrN4O2/c10-7-8(12-4-13-9(7)16)11-3-6(15)14-5-1-2-5/h4-5H,1-3H2,(H,14,15)(H2,11,12,13,16). The molecule has 0 saturated heterocycles. The molecule has 7 heteroatoms. The van der Waals surface area contributed by atoms with Crippen molar-refractivity contribution in [3.63, 3.8) is 0 Å². The van der Waals surface area contributed by atoms with Crippen LogP contribution in [0.3, 0.4) is 0 Å². The van der Waals surface area contributed by atoms with Gasteiger partial charge in [-0.3, -0.25) is 9.59 Å². The molecule has 2 rings (SSSR count). The minimum absolute atomic E-state index is 0.0866. The minimum atomic E-state index is -0.278. The van der Waals surface area contributed by atoms with Crippen LogP contribution in [0.5, 0.6) is 0 Å². The van der Waals surface area contributed by atoms with E-state index in [-0.39, 0.29) is 18.0 Å². The van der Waals surface area contributed by atoms with Gasteiger partial charge in [-0.1, -0.05) is 0 Å². The molecule has 0 bridgehead atoms. The maximum Gasteiger partial charge on any atom is 0.267 e. The van der Waals surface area contributed by atoms with Gasteiger partial charge >= 0.3 is 0 Å². The molecular weight excluding hydrogens is 276 g/mol. The van der Waals surface area contributed by atoms with Gasteiger partial charge in [-0.15, -0.1) is 0 Å². The van der Waals surface area contributed by atoms with Crippen LogP contribution in [0.2, 0.25) is 0 Å². The van der Waals surface area contributed by atoms with Gasteiger partial charge in [0.05, 0.1) is 12.9 Å². The van der Waals surface area contributed by atoms with Crippen LogP contribution in [0.4, 0.5) is 5.82 Å². The second-order valence-electron chi connectivity index (χ2n) is 3.59. The number of amides is 1. The molecule has 1 aromatic rings. The largest absolute Gasteiger partial charge is 0.360 e. The Morgan fingerprint density at radius 3 is 3.06 bits per heavy atom. The molecule has 1 aromatic heterocycles. The van der Waals surface area contributed by atoms with E-state index in [4.69, 9.17) is 0 Å². The van der Waals surface area contributed by atoms with Crippen LogP contribution in [0.1, 0.15) is 12.8 Å². The number of anilines is 1. The van der Waals surface area contributed by atoms with Crippen molar-refractivity contribution in [1.29, 1.82) is 0 Å². The van der Waals surface area contributed by atoms with Crippen LogP contribution in [0.15, 0.2) is 15.6 Å². The van der Waals surface area contributed by atoms with Crippen LogP contribution in [0.25, 0.3) is 0 Å². The predicted octanol–water partition coefficient (Wildman–Crippen LogP) is 0.223. The molecular formula is C9H11BrN4O2. The van der Waals surface area contributed by atoms with E-state index >= 15 is 0 Å². The third-order valence-corrected chi connectivity index (χ3v) is 2.89. The number of aromatic amines is 1. The lowest BCUT2D eigenvalue weighted by Gasteiger charge is -2.06. The second kappa shape index (κ2) is 4.65. The summed E-state index contributed by atoms with van der Waals surface area (Å²) in [6.45, 7) is 0.117. The summed E-state index contributed by atoms with van der Waals surface area (Å²) in [6.07, 6.45) is 3.39. The van der Waals surface area contributed by atoms with Crippen molar-refractivity contribution in [3.05, 3.63) is 21.2 Å². The van der Waals surface area contributed by atoms with Crippen LogP contribution in [0, 0.1) is 0 Å². The molecule has 0 aromatic carbocycles. The Morgan fingerprint density at radius 2 is 2.38 bits per heavy atom. The fraction of sp³-hybridized carbons (Fsp3) is 0.444. The van der Waals surface area contributed by atoms with E-state index in [1.165, 1.54) is 6.33 Å². The molecule has 1 aliphatic carbocycles. The smallest absolute Gasteiger partial charge is 0.267 e. The average Bonchev–Trinajstić information content (AvgIpc) is 3.04. The van der Waals surface area contributed by atoms with Crippen molar-refractivity contribution in [1.82, 2.24) is 15.3 Å². The lowest BCUT2D eigenvalue weighted by Crippen LogP contribution is -2.32. The number of rotatable bonds is 4. The molecule has 86 valence electrons. The topological polar surface area (TPSA) is 86.9 Å². The van der Waals surface area contributed by atoms with Crippen molar-refractivity contribution in [2.45, 2.75) is 18.9 Å². The van der Waals surface area contributed by atoms with Crippen molar-refractivity contribution < 1.29 is 4.79 Å². The van der Waals surface area contributed by atoms with Crippen molar-refractivity contribution in [2.24, 2.45) is 0 Å². The Morgan fingerprint density at radius 1 is 1.62 bits per heavy atom. The van der Waals surface area contributed by atoms with Gasteiger partial charge < -0.3 is 15.6 Å². The van der Waals surface area contributed by atoms with Gasteiger partial charge in [-0.25, -0.2) is 4.98 Å². The molecule has 3 N–H and O–H groups in total. The van der Waals surface area contributed by atoms with Gasteiger partial charge in [0.25, 0.3) is 5.56 Å². The van der Waals surface area contributed by atoms with Crippen LogP contribution < -0.4 is 16.2 Å². The number of hydrogen-bond acceptors (Lipinski definition) is 4. The van der Waals surface area contributed by atoms with Crippen LogP contribution in [-0.4, -0.2) is 28.5 Å². The highest BCUT2D eigenvalue weighted by atomic mass is 79.9. The number of H-pyrrole nitrogens is 1. The SMILES string of the molecule is O=C(CNc1nc[nH]c(=O)c1Br)NC1CC1. The highest BCUT2D eigenvalue weighted by molar-refractivity contribution is 9.10. The molecule has 6 nitrogen and oxygen atoms in total. The number of aromatic nitrogens is 2. The zero-order chi connectivity index (χ0) is 11.5. The first-order valence-electron chi connectivity index (χ1n) is 4.93. The zero-order valence-electron chi connectivity index (χ0n) is 8.42. The van der Waals surface area contributed by atoms with Gasteiger partial charge in [0, 0.05) is 6.04 Å². The predicted molar refractivity (Wildman–Crippen MR) is 62.2 cm³/mol. The van der Waals surface area contributed by atoms with Gasteiger partial charge in [0.1, 0.15) is 10.3 Å². The van der Waals surface area contributed by atoms with Gasteiger partial charge in [0.2, 0.25) is 5.91 Å². The van der Waals surface area contributed by atoms with E-state index in [0.717, 1.165) is 12.8 Å². The Bertz CT molecular complexity index is 455. The molecule has 0 atom stereocenters. The molecule has 1 amide bonds. The molecule has 0 spiro atoms. The van der Waals surface area contributed by atoms with Gasteiger partial charge in [-0.2, -0.15) is 0 Å². The second-order valence-corrected chi connectivity index (χ2v) is 4.38. The van der Waals surface area contributed by atoms with E-state index in [2.05, 4.69) is 36.5 Å². The maximum absolute atomic E-state index is 11.4. The summed E-state index contributed by atoms with van der Waals surface area (Å²) in [4.78, 5) is 28.9. The molecule has 16 heavy (non-hydrogen) atoms. The molecule has 0 radical (unpaired) electrons. The fourth-order valence-electron chi connectivity index (χ4n) is 1.18. The molecule has 0 aliphatic heterocycles. The Hall–Kier alpha value is -1.37. The molecule has 1 saturated carbocycles. The summed E-state index contributed by atoms with van der Waals surface area (Å²) < 4.78 is 0.300. The van der Waals surface area contributed by atoms with Crippen molar-refractivity contribution >= 4 is 27.7 Å². The number of carbonyl (C=O) groups excluding carboxylic acids is 1. The highest BCUT2D eigenvalue weighted by Gasteiger charge is 2.23. The maximum atomic E-state index is 11.4. The lowest BCUT2D eigenvalue weighted by atomic mass is 10.5. The highest BCUT2D eigenvalue weighted by Crippen LogP contribution is 2.18. The first kappa shape index (κ1) is 11.1. The Kier molecular flexibility index (Phi) is 3.23. The van der Waals surface area contributed by atoms with Crippen LogP contribution >= 0.6 is 15.9 Å².